The summed E-state index contributed by atoms with van der Waals surface area (Å²) in [4.78, 5) is 0. The summed E-state index contributed by atoms with van der Waals surface area (Å²) in [5, 5.41) is -0.118. The van der Waals surface area contributed by atoms with Crippen LogP contribution in [-0.4, -0.2) is 0 Å². The Bertz CT molecular complexity index is 511. The third-order valence-corrected chi connectivity index (χ3v) is 3.50. The highest BCUT2D eigenvalue weighted by molar-refractivity contribution is 6.21. The Morgan fingerprint density at radius 3 is 2.17 bits per heavy atom. The Labute approximate surface area is 112 Å². The van der Waals surface area contributed by atoms with Crippen LogP contribution < -0.4 is 0 Å². The zero-order chi connectivity index (χ0) is 13.1. The molecule has 0 aliphatic rings. The van der Waals surface area contributed by atoms with Crippen LogP contribution in [0.2, 0.25) is 0 Å². The van der Waals surface area contributed by atoms with E-state index in [9.17, 15) is 4.39 Å². The van der Waals surface area contributed by atoms with Gasteiger partial charge in [-0.25, -0.2) is 4.39 Å². The molecule has 0 saturated heterocycles. The third-order valence-electron chi connectivity index (χ3n) is 3.13. The van der Waals surface area contributed by atoms with Crippen LogP contribution in [0.4, 0.5) is 4.39 Å². The topological polar surface area (TPSA) is 0 Å². The molecule has 1 atom stereocenters. The van der Waals surface area contributed by atoms with Crippen molar-refractivity contribution in [1.29, 1.82) is 0 Å². The average molecular weight is 263 g/mol. The zero-order valence-corrected chi connectivity index (χ0v) is 11.3. The number of hydrogen-bond donors (Lipinski definition) is 0. The zero-order valence-electron chi connectivity index (χ0n) is 10.6. The first-order chi connectivity index (χ1) is 8.58. The summed E-state index contributed by atoms with van der Waals surface area (Å²) in [7, 11) is 0. The molecular weight excluding hydrogens is 247 g/mol. The van der Waals surface area contributed by atoms with Crippen molar-refractivity contribution in [3.05, 3.63) is 70.5 Å². The number of alkyl halides is 1. The molecule has 18 heavy (non-hydrogen) atoms. The van der Waals surface area contributed by atoms with Crippen LogP contribution in [0.25, 0.3) is 0 Å². The Morgan fingerprint density at radius 2 is 1.61 bits per heavy atom. The number of halogens is 2. The highest BCUT2D eigenvalue weighted by Gasteiger charge is 2.15. The fraction of sp³-hybridized carbons (Fsp3) is 0.250. The van der Waals surface area contributed by atoms with Crippen molar-refractivity contribution in [3.8, 4) is 0 Å². The van der Waals surface area contributed by atoms with Crippen LogP contribution in [0.15, 0.2) is 42.5 Å². The molecule has 2 aromatic carbocycles. The molecule has 0 aromatic heterocycles. The lowest BCUT2D eigenvalue weighted by molar-refractivity contribution is 0.623. The van der Waals surface area contributed by atoms with E-state index in [1.54, 1.807) is 12.1 Å². The molecular formula is C16H16ClF. The molecule has 2 rings (SSSR count). The van der Waals surface area contributed by atoms with Gasteiger partial charge >= 0.3 is 0 Å². The van der Waals surface area contributed by atoms with Gasteiger partial charge in [0.25, 0.3) is 0 Å². The van der Waals surface area contributed by atoms with E-state index in [1.165, 1.54) is 5.56 Å². The molecule has 0 aliphatic heterocycles. The van der Waals surface area contributed by atoms with Gasteiger partial charge in [0.2, 0.25) is 0 Å². The largest absolute Gasteiger partial charge is 0.207 e. The molecule has 94 valence electrons. The van der Waals surface area contributed by atoms with E-state index in [-0.39, 0.29) is 11.2 Å². The second kappa shape index (κ2) is 5.53. The summed E-state index contributed by atoms with van der Waals surface area (Å²) < 4.78 is 13.3. The smallest absolute Gasteiger partial charge is 0.123 e. The van der Waals surface area contributed by atoms with E-state index in [1.807, 2.05) is 32.0 Å². The Hall–Kier alpha value is -1.34. The standard InChI is InChI=1S/C16H16ClF/c1-11-8-14(18)9-12(2)16(11)15(17)10-13-6-4-3-5-7-13/h3-9,15H,10H2,1-2H3. The van der Waals surface area contributed by atoms with Crippen LogP contribution in [0, 0.1) is 19.7 Å². The van der Waals surface area contributed by atoms with Crippen molar-refractivity contribution in [2.24, 2.45) is 0 Å². The molecule has 0 amide bonds. The molecule has 0 N–H and O–H groups in total. The fourth-order valence-electron chi connectivity index (χ4n) is 2.34. The fourth-order valence-corrected chi connectivity index (χ4v) is 2.86. The molecule has 1 unspecified atom stereocenters. The van der Waals surface area contributed by atoms with Crippen LogP contribution in [0.3, 0.4) is 0 Å². The van der Waals surface area contributed by atoms with Gasteiger partial charge in [-0.2, -0.15) is 0 Å². The lowest BCUT2D eigenvalue weighted by Gasteiger charge is -2.16. The Kier molecular flexibility index (Phi) is 4.03. The lowest BCUT2D eigenvalue weighted by atomic mass is 9.96. The second-order valence-corrected chi connectivity index (χ2v) is 5.14. The average Bonchev–Trinajstić information content (AvgIpc) is 2.28. The molecule has 0 bridgehead atoms. The maximum Gasteiger partial charge on any atom is 0.123 e. The maximum absolute atomic E-state index is 13.3. The van der Waals surface area contributed by atoms with Crippen molar-refractivity contribution in [2.75, 3.05) is 0 Å². The van der Waals surface area contributed by atoms with E-state index in [0.717, 1.165) is 23.1 Å². The summed E-state index contributed by atoms with van der Waals surface area (Å²) in [6.45, 7) is 3.82. The van der Waals surface area contributed by atoms with Crippen LogP contribution >= 0.6 is 11.6 Å². The second-order valence-electron chi connectivity index (χ2n) is 4.61. The van der Waals surface area contributed by atoms with E-state index in [4.69, 9.17) is 11.6 Å². The molecule has 0 radical (unpaired) electrons. The monoisotopic (exact) mass is 262 g/mol. The van der Waals surface area contributed by atoms with E-state index in [0.29, 0.717) is 0 Å². The maximum atomic E-state index is 13.3. The van der Waals surface area contributed by atoms with Crippen molar-refractivity contribution in [3.63, 3.8) is 0 Å². The first-order valence-corrected chi connectivity index (χ1v) is 6.46. The minimum absolute atomic E-state index is 0.118. The number of rotatable bonds is 3. The van der Waals surface area contributed by atoms with Gasteiger partial charge in [0.05, 0.1) is 5.38 Å². The summed E-state index contributed by atoms with van der Waals surface area (Å²) in [6.07, 6.45) is 0.760. The Balaban J connectivity index is 2.27. The molecule has 0 heterocycles. The molecule has 0 aliphatic carbocycles. The van der Waals surface area contributed by atoms with Gasteiger partial charge in [-0.1, -0.05) is 30.3 Å². The van der Waals surface area contributed by atoms with Crippen LogP contribution in [0.5, 0.6) is 0 Å². The SMILES string of the molecule is Cc1cc(F)cc(C)c1C(Cl)Cc1ccccc1. The molecule has 0 fully saturated rings. The molecule has 2 aromatic rings. The van der Waals surface area contributed by atoms with Crippen molar-refractivity contribution >= 4 is 11.6 Å². The van der Waals surface area contributed by atoms with Gasteiger partial charge in [0, 0.05) is 0 Å². The van der Waals surface area contributed by atoms with Gasteiger partial charge in [0.15, 0.2) is 0 Å². The third kappa shape index (κ3) is 2.91. The van der Waals surface area contributed by atoms with Crippen LogP contribution in [-0.2, 0) is 6.42 Å². The predicted molar refractivity (Wildman–Crippen MR) is 74.6 cm³/mol. The van der Waals surface area contributed by atoms with Gasteiger partial charge in [-0.15, -0.1) is 11.6 Å². The number of aryl methyl sites for hydroxylation is 2. The first-order valence-electron chi connectivity index (χ1n) is 6.02. The number of hydrogen-bond acceptors (Lipinski definition) is 0. The Morgan fingerprint density at radius 1 is 1.06 bits per heavy atom. The molecule has 2 heteroatoms. The van der Waals surface area contributed by atoms with Crippen LogP contribution in [0.1, 0.15) is 27.6 Å². The lowest BCUT2D eigenvalue weighted by Crippen LogP contribution is -2.02. The predicted octanol–water partition coefficient (Wildman–Crippen LogP) is 4.97. The van der Waals surface area contributed by atoms with Gasteiger partial charge in [-0.3, -0.25) is 0 Å². The van der Waals surface area contributed by atoms with Crippen molar-refractivity contribution < 1.29 is 4.39 Å². The van der Waals surface area contributed by atoms with E-state index >= 15 is 0 Å². The van der Waals surface area contributed by atoms with E-state index < -0.39 is 0 Å². The first kappa shape index (κ1) is 13.1. The minimum atomic E-state index is -0.197. The summed E-state index contributed by atoms with van der Waals surface area (Å²) in [5.74, 6) is -0.197. The normalized spacial score (nSPS) is 12.4. The summed E-state index contributed by atoms with van der Waals surface area (Å²) in [5.41, 5.74) is 4.08. The van der Waals surface area contributed by atoms with Gasteiger partial charge < -0.3 is 0 Å². The van der Waals surface area contributed by atoms with Crippen molar-refractivity contribution in [2.45, 2.75) is 25.6 Å². The number of benzene rings is 2. The highest BCUT2D eigenvalue weighted by atomic mass is 35.5. The molecule has 0 saturated carbocycles. The summed E-state index contributed by atoms with van der Waals surface area (Å²) in [6, 6.07) is 13.2. The van der Waals surface area contributed by atoms with Crippen molar-refractivity contribution in [1.82, 2.24) is 0 Å². The highest BCUT2D eigenvalue weighted by Crippen LogP contribution is 2.30. The molecule has 0 spiro atoms. The summed E-state index contributed by atoms with van der Waals surface area (Å²) >= 11 is 6.48. The quantitative estimate of drug-likeness (QED) is 0.686. The van der Waals surface area contributed by atoms with Gasteiger partial charge in [-0.05, 0) is 54.7 Å². The van der Waals surface area contributed by atoms with E-state index in [2.05, 4.69) is 12.1 Å². The van der Waals surface area contributed by atoms with Gasteiger partial charge in [0.1, 0.15) is 5.82 Å². The minimum Gasteiger partial charge on any atom is -0.207 e. The molecule has 0 nitrogen and oxygen atoms in total.